The summed E-state index contributed by atoms with van der Waals surface area (Å²) in [4.78, 5) is 13.4. The van der Waals surface area contributed by atoms with Gasteiger partial charge < -0.3 is 10.5 Å². The lowest BCUT2D eigenvalue weighted by molar-refractivity contribution is -0.142. The van der Waals surface area contributed by atoms with Crippen molar-refractivity contribution in [1.29, 1.82) is 0 Å². The van der Waals surface area contributed by atoms with E-state index in [-0.39, 0.29) is 5.97 Å². The Morgan fingerprint density at radius 2 is 1.73 bits per heavy atom. The number of carbonyl (C=O) groups is 1. The van der Waals surface area contributed by atoms with Gasteiger partial charge in [0.05, 0.1) is 12.0 Å². The first kappa shape index (κ1) is 17.6. The molecule has 7 nitrogen and oxygen atoms in total. The van der Waals surface area contributed by atoms with Gasteiger partial charge in [0, 0.05) is 11.3 Å². The van der Waals surface area contributed by atoms with Crippen LogP contribution >= 0.6 is 0 Å². The van der Waals surface area contributed by atoms with Crippen LogP contribution in [0.2, 0.25) is 0 Å². The number of esters is 1. The number of rotatable bonds is 4. The van der Waals surface area contributed by atoms with Crippen LogP contribution in [0.1, 0.15) is 26.3 Å². The van der Waals surface area contributed by atoms with Crippen molar-refractivity contribution < 1.29 is 9.53 Å². The maximum atomic E-state index is 11.9. The molecule has 0 saturated heterocycles. The van der Waals surface area contributed by atoms with Crippen molar-refractivity contribution in [3.05, 3.63) is 54.1 Å². The van der Waals surface area contributed by atoms with Crippen LogP contribution in [0.25, 0.3) is 11.4 Å². The molecule has 1 heterocycles. The number of aromatic nitrogens is 4. The first-order valence-corrected chi connectivity index (χ1v) is 8.26. The average molecular weight is 351 g/mol. The Morgan fingerprint density at radius 1 is 1.08 bits per heavy atom. The van der Waals surface area contributed by atoms with Crippen LogP contribution < -0.4 is 10.5 Å². The zero-order valence-electron chi connectivity index (χ0n) is 15.0. The molecule has 26 heavy (non-hydrogen) atoms. The summed E-state index contributed by atoms with van der Waals surface area (Å²) in [6, 6.07) is 14.6. The smallest absolute Gasteiger partial charge is 0.316 e. The van der Waals surface area contributed by atoms with Gasteiger partial charge >= 0.3 is 5.97 Å². The molecular weight excluding hydrogens is 330 g/mol. The number of carbonyl (C=O) groups excluding carboxylic acids is 1. The third kappa shape index (κ3) is 4.24. The van der Waals surface area contributed by atoms with Crippen molar-refractivity contribution in [1.82, 2.24) is 20.2 Å². The van der Waals surface area contributed by atoms with Crippen molar-refractivity contribution >= 4 is 11.7 Å². The van der Waals surface area contributed by atoms with Gasteiger partial charge in [-0.15, -0.1) is 10.2 Å². The van der Waals surface area contributed by atoms with E-state index in [0.717, 1.165) is 11.1 Å². The number of nitrogens with two attached hydrogens (primary N) is 1. The molecule has 0 aliphatic rings. The molecule has 0 aliphatic heterocycles. The fourth-order valence-corrected chi connectivity index (χ4v) is 2.14. The van der Waals surface area contributed by atoms with Gasteiger partial charge in [-0.2, -0.15) is 4.80 Å². The van der Waals surface area contributed by atoms with Crippen molar-refractivity contribution in [3.63, 3.8) is 0 Å². The third-order valence-electron chi connectivity index (χ3n) is 3.69. The van der Waals surface area contributed by atoms with Gasteiger partial charge in [-0.3, -0.25) is 4.79 Å². The molecular formula is C19H21N5O2. The van der Waals surface area contributed by atoms with Crippen LogP contribution in [0, 0.1) is 5.41 Å². The normalized spacial score (nSPS) is 11.3. The SMILES string of the molecule is CC(C)(C)C(=O)Oc1ccc(-c2nnn(Cc3ccc(N)cc3)n2)cc1. The van der Waals surface area contributed by atoms with Crippen LogP contribution in [0.4, 0.5) is 5.69 Å². The highest BCUT2D eigenvalue weighted by atomic mass is 16.5. The summed E-state index contributed by atoms with van der Waals surface area (Å²) in [6.45, 7) is 5.95. The molecule has 0 amide bonds. The van der Waals surface area contributed by atoms with Crippen molar-refractivity contribution in [3.8, 4) is 17.1 Å². The van der Waals surface area contributed by atoms with Crippen molar-refractivity contribution in [2.24, 2.45) is 5.41 Å². The molecule has 0 atom stereocenters. The van der Waals surface area contributed by atoms with Gasteiger partial charge in [-0.25, -0.2) is 0 Å². The van der Waals surface area contributed by atoms with Crippen LogP contribution in [0.3, 0.4) is 0 Å². The molecule has 7 heteroatoms. The first-order chi connectivity index (χ1) is 12.3. The van der Waals surface area contributed by atoms with E-state index >= 15 is 0 Å². The van der Waals surface area contributed by atoms with Gasteiger partial charge in [0.15, 0.2) is 0 Å². The van der Waals surface area contributed by atoms with Gasteiger partial charge in [0.25, 0.3) is 0 Å². The molecule has 0 saturated carbocycles. The molecule has 0 fully saturated rings. The number of nitrogens with zero attached hydrogens (tertiary/aromatic N) is 4. The van der Waals surface area contributed by atoms with E-state index in [1.54, 1.807) is 24.3 Å². The number of benzene rings is 2. The molecule has 1 aromatic heterocycles. The lowest BCUT2D eigenvalue weighted by Gasteiger charge is -2.16. The number of ether oxygens (including phenoxy) is 1. The van der Waals surface area contributed by atoms with E-state index in [9.17, 15) is 4.79 Å². The van der Waals surface area contributed by atoms with Gasteiger partial charge in [-0.1, -0.05) is 12.1 Å². The third-order valence-corrected chi connectivity index (χ3v) is 3.69. The molecule has 0 radical (unpaired) electrons. The minimum atomic E-state index is -0.551. The second kappa shape index (κ2) is 6.95. The minimum absolute atomic E-state index is 0.280. The first-order valence-electron chi connectivity index (χ1n) is 8.26. The second-order valence-electron chi connectivity index (χ2n) is 7.05. The highest BCUT2D eigenvalue weighted by Gasteiger charge is 2.23. The molecule has 2 N–H and O–H groups in total. The quantitative estimate of drug-likeness (QED) is 0.441. The highest BCUT2D eigenvalue weighted by Crippen LogP contribution is 2.22. The molecule has 2 aromatic carbocycles. The van der Waals surface area contributed by atoms with E-state index in [2.05, 4.69) is 15.4 Å². The lowest BCUT2D eigenvalue weighted by atomic mass is 9.97. The van der Waals surface area contributed by atoms with E-state index in [1.165, 1.54) is 4.80 Å². The van der Waals surface area contributed by atoms with Gasteiger partial charge in [0.1, 0.15) is 5.75 Å². The summed E-state index contributed by atoms with van der Waals surface area (Å²) >= 11 is 0. The van der Waals surface area contributed by atoms with E-state index in [1.807, 2.05) is 45.0 Å². The Hall–Kier alpha value is -3.22. The van der Waals surface area contributed by atoms with Crippen LogP contribution in [-0.2, 0) is 11.3 Å². The number of tetrazole rings is 1. The zero-order valence-corrected chi connectivity index (χ0v) is 15.0. The molecule has 3 aromatic rings. The predicted molar refractivity (Wildman–Crippen MR) is 98.3 cm³/mol. The summed E-state index contributed by atoms with van der Waals surface area (Å²) in [5, 5.41) is 12.5. The summed E-state index contributed by atoms with van der Waals surface area (Å²) in [5.74, 6) is 0.718. The standard InChI is InChI=1S/C19H21N5O2/c1-19(2,3)18(25)26-16-10-6-14(7-11-16)17-21-23-24(22-17)12-13-4-8-15(20)9-5-13/h4-11H,12,20H2,1-3H3. The second-order valence-corrected chi connectivity index (χ2v) is 7.05. The summed E-state index contributed by atoms with van der Waals surface area (Å²) < 4.78 is 5.35. The Kier molecular flexibility index (Phi) is 4.71. The van der Waals surface area contributed by atoms with Crippen molar-refractivity contribution in [2.75, 3.05) is 5.73 Å². The number of anilines is 1. The van der Waals surface area contributed by atoms with Crippen LogP contribution in [0.15, 0.2) is 48.5 Å². The Morgan fingerprint density at radius 3 is 2.35 bits per heavy atom. The molecule has 0 unspecified atom stereocenters. The minimum Gasteiger partial charge on any atom is -0.426 e. The van der Waals surface area contributed by atoms with Gasteiger partial charge in [-0.05, 0) is 67.9 Å². The van der Waals surface area contributed by atoms with E-state index in [0.29, 0.717) is 23.8 Å². The largest absolute Gasteiger partial charge is 0.426 e. The molecule has 134 valence electrons. The molecule has 0 aliphatic carbocycles. The summed E-state index contributed by atoms with van der Waals surface area (Å²) in [6.07, 6.45) is 0. The fourth-order valence-electron chi connectivity index (χ4n) is 2.14. The molecule has 3 rings (SSSR count). The van der Waals surface area contributed by atoms with Gasteiger partial charge in [0.2, 0.25) is 5.82 Å². The van der Waals surface area contributed by atoms with E-state index in [4.69, 9.17) is 10.5 Å². The molecule has 0 bridgehead atoms. The van der Waals surface area contributed by atoms with Crippen molar-refractivity contribution in [2.45, 2.75) is 27.3 Å². The maximum Gasteiger partial charge on any atom is 0.316 e. The Labute approximate surface area is 151 Å². The number of hydrogen-bond acceptors (Lipinski definition) is 6. The highest BCUT2D eigenvalue weighted by molar-refractivity contribution is 5.78. The molecule has 0 spiro atoms. The topological polar surface area (TPSA) is 95.9 Å². The maximum absolute atomic E-state index is 11.9. The Balaban J connectivity index is 1.69. The average Bonchev–Trinajstić information content (AvgIpc) is 3.05. The number of hydrogen-bond donors (Lipinski definition) is 1. The number of nitrogen functional groups attached to an aromatic ring is 1. The summed E-state index contributed by atoms with van der Waals surface area (Å²) in [5.41, 5.74) is 7.68. The zero-order chi connectivity index (χ0) is 18.7. The van der Waals surface area contributed by atoms with Crippen LogP contribution in [0.5, 0.6) is 5.75 Å². The monoisotopic (exact) mass is 351 g/mol. The van der Waals surface area contributed by atoms with E-state index < -0.39 is 5.41 Å². The Bertz CT molecular complexity index is 893. The van der Waals surface area contributed by atoms with Crippen LogP contribution in [-0.4, -0.2) is 26.2 Å². The summed E-state index contributed by atoms with van der Waals surface area (Å²) in [7, 11) is 0. The lowest BCUT2D eigenvalue weighted by Crippen LogP contribution is -2.25. The fraction of sp³-hybridized carbons (Fsp3) is 0.263. The predicted octanol–water partition coefficient (Wildman–Crippen LogP) is 2.92.